The third kappa shape index (κ3) is 2.16. The van der Waals surface area contributed by atoms with E-state index in [1.54, 1.807) is 11.7 Å². The van der Waals surface area contributed by atoms with Crippen LogP contribution in [0.4, 0.5) is 5.95 Å². The lowest BCUT2D eigenvalue weighted by molar-refractivity contribution is 0.282. The Labute approximate surface area is 70.6 Å². The van der Waals surface area contributed by atoms with Crippen molar-refractivity contribution in [3.63, 3.8) is 0 Å². The number of aliphatic hydroxyl groups excluding tert-OH is 1. The highest BCUT2D eigenvalue weighted by Crippen LogP contribution is 2.01. The summed E-state index contributed by atoms with van der Waals surface area (Å²) in [6.07, 6.45) is 0.687. The molecule has 6 heteroatoms. The number of aromatic nitrogens is 4. The van der Waals surface area contributed by atoms with Gasteiger partial charge in [0.05, 0.1) is 0 Å². The van der Waals surface area contributed by atoms with Crippen LogP contribution in [0.1, 0.15) is 13.3 Å². The first-order chi connectivity index (χ1) is 5.74. The number of hydrogen-bond acceptors (Lipinski definition) is 5. The van der Waals surface area contributed by atoms with Gasteiger partial charge >= 0.3 is 0 Å². The summed E-state index contributed by atoms with van der Waals surface area (Å²) in [5.41, 5.74) is 0. The lowest BCUT2D eigenvalue weighted by atomic mass is 10.2. The van der Waals surface area contributed by atoms with Crippen molar-refractivity contribution >= 4 is 5.95 Å². The number of tetrazole rings is 1. The number of anilines is 1. The molecule has 0 aliphatic carbocycles. The Hall–Kier alpha value is -1.17. The summed E-state index contributed by atoms with van der Waals surface area (Å²) in [6, 6.07) is 0.180. The van der Waals surface area contributed by atoms with E-state index in [2.05, 4.69) is 20.8 Å². The van der Waals surface area contributed by atoms with Gasteiger partial charge in [-0.3, -0.25) is 0 Å². The molecule has 0 aliphatic heterocycles. The van der Waals surface area contributed by atoms with Crippen LogP contribution in [-0.2, 0) is 7.05 Å². The van der Waals surface area contributed by atoms with E-state index in [1.807, 2.05) is 6.92 Å². The van der Waals surface area contributed by atoms with Gasteiger partial charge in [0.1, 0.15) is 0 Å². The van der Waals surface area contributed by atoms with Crippen molar-refractivity contribution in [3.05, 3.63) is 0 Å². The van der Waals surface area contributed by atoms with Crippen LogP contribution in [0.25, 0.3) is 0 Å². The number of nitrogens with zero attached hydrogens (tertiary/aromatic N) is 4. The van der Waals surface area contributed by atoms with E-state index in [4.69, 9.17) is 5.11 Å². The maximum absolute atomic E-state index is 8.64. The zero-order chi connectivity index (χ0) is 8.97. The Balaban J connectivity index is 2.46. The molecule has 6 nitrogen and oxygen atoms in total. The van der Waals surface area contributed by atoms with Gasteiger partial charge in [0.2, 0.25) is 5.95 Å². The van der Waals surface area contributed by atoms with Gasteiger partial charge < -0.3 is 10.4 Å². The molecule has 1 heterocycles. The molecule has 0 aliphatic rings. The second-order valence-electron chi connectivity index (χ2n) is 2.68. The van der Waals surface area contributed by atoms with Crippen LogP contribution in [0.3, 0.4) is 0 Å². The number of hydrogen-bond donors (Lipinski definition) is 2. The third-order valence-corrected chi connectivity index (χ3v) is 1.56. The predicted molar refractivity (Wildman–Crippen MR) is 43.6 cm³/mol. The Morgan fingerprint density at radius 2 is 2.42 bits per heavy atom. The van der Waals surface area contributed by atoms with E-state index in [1.165, 1.54) is 0 Å². The van der Waals surface area contributed by atoms with E-state index in [9.17, 15) is 0 Å². The average Bonchev–Trinajstić information content (AvgIpc) is 2.37. The first-order valence-corrected chi connectivity index (χ1v) is 3.83. The quantitative estimate of drug-likeness (QED) is 0.632. The highest BCUT2D eigenvalue weighted by atomic mass is 16.3. The smallest absolute Gasteiger partial charge is 0.242 e. The van der Waals surface area contributed by atoms with Crippen LogP contribution in [0, 0.1) is 0 Å². The SMILES string of the molecule is C[C@@H](CCO)Nc1nnnn1C. The molecule has 68 valence electrons. The van der Waals surface area contributed by atoms with Crippen LogP contribution >= 0.6 is 0 Å². The molecule has 0 radical (unpaired) electrons. The normalized spacial score (nSPS) is 12.9. The molecule has 2 N–H and O–H groups in total. The summed E-state index contributed by atoms with van der Waals surface area (Å²) < 4.78 is 1.55. The molecule has 0 unspecified atom stereocenters. The van der Waals surface area contributed by atoms with Gasteiger partial charge in [0.25, 0.3) is 0 Å². The van der Waals surface area contributed by atoms with Crippen molar-refractivity contribution in [3.8, 4) is 0 Å². The van der Waals surface area contributed by atoms with Crippen molar-refractivity contribution in [1.82, 2.24) is 20.2 Å². The average molecular weight is 171 g/mol. The van der Waals surface area contributed by atoms with Gasteiger partial charge in [-0.25, -0.2) is 4.68 Å². The monoisotopic (exact) mass is 171 g/mol. The topological polar surface area (TPSA) is 75.9 Å². The summed E-state index contributed by atoms with van der Waals surface area (Å²) in [7, 11) is 1.76. The first kappa shape index (κ1) is 8.92. The van der Waals surface area contributed by atoms with Gasteiger partial charge in [0, 0.05) is 19.7 Å². The molecule has 1 rings (SSSR count). The molecule has 1 atom stereocenters. The molecule has 12 heavy (non-hydrogen) atoms. The zero-order valence-electron chi connectivity index (χ0n) is 7.23. The van der Waals surface area contributed by atoms with Gasteiger partial charge in [0.15, 0.2) is 0 Å². The number of nitrogens with one attached hydrogen (secondary N) is 1. The second-order valence-corrected chi connectivity index (χ2v) is 2.68. The van der Waals surface area contributed by atoms with E-state index in [-0.39, 0.29) is 12.6 Å². The molecule has 1 aromatic rings. The maximum Gasteiger partial charge on any atom is 0.242 e. The fourth-order valence-electron chi connectivity index (χ4n) is 0.838. The van der Waals surface area contributed by atoms with Crippen molar-refractivity contribution in [2.75, 3.05) is 11.9 Å². The predicted octanol–water partition coefficient (Wildman–Crippen LogP) is -0.607. The van der Waals surface area contributed by atoms with Crippen molar-refractivity contribution in [2.45, 2.75) is 19.4 Å². The van der Waals surface area contributed by atoms with Crippen LogP contribution in [-0.4, -0.2) is 38.0 Å². The third-order valence-electron chi connectivity index (χ3n) is 1.56. The molecule has 1 aromatic heterocycles. The van der Waals surface area contributed by atoms with Gasteiger partial charge in [-0.15, -0.1) is 0 Å². The van der Waals surface area contributed by atoms with Crippen molar-refractivity contribution in [2.24, 2.45) is 7.05 Å². The number of rotatable bonds is 4. The highest BCUT2D eigenvalue weighted by molar-refractivity contribution is 5.22. The van der Waals surface area contributed by atoms with E-state index in [0.29, 0.717) is 12.4 Å². The second kappa shape index (κ2) is 4.01. The minimum Gasteiger partial charge on any atom is -0.396 e. The first-order valence-electron chi connectivity index (χ1n) is 3.83. The molecule has 0 bridgehead atoms. The highest BCUT2D eigenvalue weighted by Gasteiger charge is 2.05. The van der Waals surface area contributed by atoms with E-state index >= 15 is 0 Å². The van der Waals surface area contributed by atoms with Crippen LogP contribution in [0.2, 0.25) is 0 Å². The largest absolute Gasteiger partial charge is 0.396 e. The van der Waals surface area contributed by atoms with E-state index in [0.717, 1.165) is 0 Å². The van der Waals surface area contributed by atoms with Crippen LogP contribution in [0.5, 0.6) is 0 Å². The van der Waals surface area contributed by atoms with E-state index < -0.39 is 0 Å². The lowest BCUT2D eigenvalue weighted by Crippen LogP contribution is -2.19. The summed E-state index contributed by atoms with van der Waals surface area (Å²) in [4.78, 5) is 0. The Morgan fingerprint density at radius 3 is 2.92 bits per heavy atom. The fourth-order valence-corrected chi connectivity index (χ4v) is 0.838. The minimum absolute atomic E-state index is 0.166. The molecule has 0 saturated heterocycles. The number of aryl methyl sites for hydroxylation is 1. The van der Waals surface area contributed by atoms with Gasteiger partial charge in [-0.05, 0) is 23.8 Å². The zero-order valence-corrected chi connectivity index (χ0v) is 7.23. The Bertz CT molecular complexity index is 236. The van der Waals surface area contributed by atoms with Gasteiger partial charge in [-0.1, -0.05) is 5.10 Å². The maximum atomic E-state index is 8.64. The Kier molecular flexibility index (Phi) is 2.98. The summed E-state index contributed by atoms with van der Waals surface area (Å²) in [5.74, 6) is 0.621. The molecule has 0 spiro atoms. The summed E-state index contributed by atoms with van der Waals surface area (Å²) in [5, 5.41) is 22.6. The molecule has 0 amide bonds. The summed E-state index contributed by atoms with van der Waals surface area (Å²) in [6.45, 7) is 2.13. The minimum atomic E-state index is 0.166. The lowest BCUT2D eigenvalue weighted by Gasteiger charge is -2.10. The molecule has 0 aromatic carbocycles. The Morgan fingerprint density at radius 1 is 1.67 bits per heavy atom. The van der Waals surface area contributed by atoms with Crippen molar-refractivity contribution < 1.29 is 5.11 Å². The van der Waals surface area contributed by atoms with Gasteiger partial charge in [-0.2, -0.15) is 0 Å². The molecule has 0 saturated carbocycles. The molecule has 0 fully saturated rings. The summed E-state index contributed by atoms with van der Waals surface area (Å²) >= 11 is 0. The van der Waals surface area contributed by atoms with Crippen molar-refractivity contribution in [1.29, 1.82) is 0 Å². The van der Waals surface area contributed by atoms with Crippen LogP contribution in [0.15, 0.2) is 0 Å². The number of aliphatic hydroxyl groups is 1. The molecular weight excluding hydrogens is 158 g/mol. The standard InChI is InChI=1S/C6H13N5O/c1-5(3-4-12)7-6-8-9-10-11(6)2/h5,12H,3-4H2,1-2H3,(H,7,8,10)/t5-/m0/s1. The fraction of sp³-hybridized carbons (Fsp3) is 0.833. The molecular formula is C6H13N5O. The van der Waals surface area contributed by atoms with Crippen LogP contribution < -0.4 is 5.32 Å².